The van der Waals surface area contributed by atoms with Gasteiger partial charge in [0, 0.05) is 19.0 Å². The zero-order valence-electron chi connectivity index (χ0n) is 15.6. The summed E-state index contributed by atoms with van der Waals surface area (Å²) in [5.74, 6) is 0.259. The van der Waals surface area contributed by atoms with Gasteiger partial charge in [-0.25, -0.2) is 8.91 Å². The number of carbonyl (C=O) groups excluding carboxylic acids is 1. The molecule has 2 atom stereocenters. The summed E-state index contributed by atoms with van der Waals surface area (Å²) in [5.41, 5.74) is 0.940. The van der Waals surface area contributed by atoms with Gasteiger partial charge in [-0.15, -0.1) is 0 Å². The summed E-state index contributed by atoms with van der Waals surface area (Å²) in [4.78, 5) is 19.3. The average molecular weight is 394 g/mol. The van der Waals surface area contributed by atoms with Gasteiger partial charge in [0.2, 0.25) is 5.88 Å². The van der Waals surface area contributed by atoms with Crippen molar-refractivity contribution in [3.63, 3.8) is 0 Å². The van der Waals surface area contributed by atoms with Crippen LogP contribution in [0.3, 0.4) is 0 Å². The zero-order chi connectivity index (χ0) is 19.6. The molecular weight excluding hydrogens is 375 g/mol. The summed E-state index contributed by atoms with van der Waals surface area (Å²) in [6.07, 6.45) is 5.57. The third-order valence-corrected chi connectivity index (χ3v) is 6.27. The van der Waals surface area contributed by atoms with Gasteiger partial charge < -0.3 is 14.4 Å². The van der Waals surface area contributed by atoms with E-state index in [1.807, 2.05) is 23.2 Å². The second-order valence-electron chi connectivity index (χ2n) is 7.98. The van der Waals surface area contributed by atoms with Gasteiger partial charge in [-0.05, 0) is 42.7 Å². The summed E-state index contributed by atoms with van der Waals surface area (Å²) in [6, 6.07) is 10.1. The quantitative estimate of drug-likeness (QED) is 0.683. The fourth-order valence-electron chi connectivity index (χ4n) is 4.85. The van der Waals surface area contributed by atoms with Crippen molar-refractivity contribution >= 4 is 11.4 Å². The predicted molar refractivity (Wildman–Crippen MR) is 99.5 cm³/mol. The lowest BCUT2D eigenvalue weighted by Crippen LogP contribution is -2.56. The lowest BCUT2D eigenvalue weighted by Gasteiger charge is -2.42. The van der Waals surface area contributed by atoms with Crippen molar-refractivity contribution in [3.8, 4) is 5.88 Å². The maximum absolute atomic E-state index is 13.3. The minimum absolute atomic E-state index is 0.0182. The molecule has 1 aromatic carbocycles. The topological polar surface area (TPSA) is 69.0 Å². The van der Waals surface area contributed by atoms with Crippen LogP contribution in [0.2, 0.25) is 0 Å². The Hall–Kier alpha value is -3.00. The first kappa shape index (κ1) is 16.9. The van der Waals surface area contributed by atoms with Crippen LogP contribution in [0.1, 0.15) is 37.3 Å². The molecule has 29 heavy (non-hydrogen) atoms. The first-order valence-electron chi connectivity index (χ1n) is 9.84. The van der Waals surface area contributed by atoms with Gasteiger partial charge in [0.25, 0.3) is 5.91 Å². The highest BCUT2D eigenvalue weighted by Crippen LogP contribution is 2.51. The number of halogens is 1. The minimum Gasteiger partial charge on any atom is -0.473 e. The number of rotatable bonds is 3. The Balaban J connectivity index is 1.18. The maximum atomic E-state index is 13.3. The van der Waals surface area contributed by atoms with E-state index in [2.05, 4.69) is 10.1 Å². The van der Waals surface area contributed by atoms with Crippen molar-refractivity contribution < 1.29 is 18.7 Å². The standard InChI is InChI=1S/C21H19FN4O3/c22-14-5-3-13(4-6-14)16-7-8-18-26(16)20(27)21(29-18)10-15(11-21)28-19-17-2-1-9-25(17)24-12-23-19/h1-6,9,12,15-16,18H,7-8,10-11H2/t15?,16-,18+,21?/m0/s1. The van der Waals surface area contributed by atoms with Gasteiger partial charge in [0.15, 0.2) is 5.60 Å². The molecule has 148 valence electrons. The molecule has 1 saturated carbocycles. The average Bonchev–Trinajstić information content (AvgIpc) is 3.39. The molecule has 6 rings (SSSR count). The highest BCUT2D eigenvalue weighted by atomic mass is 19.1. The Bertz CT molecular complexity index is 1090. The van der Waals surface area contributed by atoms with Gasteiger partial charge in [-0.2, -0.15) is 10.1 Å². The second kappa shape index (κ2) is 6.00. The van der Waals surface area contributed by atoms with Crippen molar-refractivity contribution in [1.29, 1.82) is 0 Å². The maximum Gasteiger partial charge on any atom is 0.257 e. The highest BCUT2D eigenvalue weighted by Gasteiger charge is 2.63. The Labute approximate surface area is 166 Å². The summed E-state index contributed by atoms with van der Waals surface area (Å²) in [5, 5.41) is 4.13. The van der Waals surface area contributed by atoms with E-state index < -0.39 is 5.60 Å². The second-order valence-corrected chi connectivity index (χ2v) is 7.98. The third-order valence-electron chi connectivity index (χ3n) is 6.27. The molecule has 1 spiro atoms. The number of ether oxygens (including phenoxy) is 2. The fourth-order valence-corrected chi connectivity index (χ4v) is 4.85. The monoisotopic (exact) mass is 394 g/mol. The molecule has 3 aromatic rings. The number of hydrogen-bond acceptors (Lipinski definition) is 5. The van der Waals surface area contributed by atoms with Crippen molar-refractivity contribution in [2.24, 2.45) is 0 Å². The lowest BCUT2D eigenvalue weighted by molar-refractivity contribution is -0.162. The lowest BCUT2D eigenvalue weighted by atomic mass is 9.76. The molecule has 3 aliphatic rings. The molecule has 8 heteroatoms. The van der Waals surface area contributed by atoms with Crippen molar-refractivity contribution in [3.05, 3.63) is 60.3 Å². The molecule has 1 amide bonds. The van der Waals surface area contributed by atoms with Gasteiger partial charge in [-0.3, -0.25) is 4.79 Å². The molecule has 0 bridgehead atoms. The van der Waals surface area contributed by atoms with E-state index in [4.69, 9.17) is 9.47 Å². The highest BCUT2D eigenvalue weighted by molar-refractivity contribution is 5.89. The SMILES string of the molecule is O=C1N2[C@@H](CC[C@H]2c2ccc(F)cc2)OC12CC(Oc1ncnn3cccc13)C2. The van der Waals surface area contributed by atoms with E-state index in [1.165, 1.54) is 18.5 Å². The largest absolute Gasteiger partial charge is 0.473 e. The molecule has 0 radical (unpaired) electrons. The van der Waals surface area contributed by atoms with E-state index in [1.54, 1.807) is 16.6 Å². The summed E-state index contributed by atoms with van der Waals surface area (Å²) in [6.45, 7) is 0. The first-order chi connectivity index (χ1) is 14.1. The minimum atomic E-state index is -0.806. The zero-order valence-corrected chi connectivity index (χ0v) is 15.6. The van der Waals surface area contributed by atoms with Crippen LogP contribution >= 0.6 is 0 Å². The number of amides is 1. The molecule has 2 aliphatic heterocycles. The van der Waals surface area contributed by atoms with Crippen LogP contribution < -0.4 is 4.74 Å². The molecule has 1 aliphatic carbocycles. The predicted octanol–water partition coefficient (Wildman–Crippen LogP) is 2.87. The van der Waals surface area contributed by atoms with E-state index >= 15 is 0 Å². The Morgan fingerprint density at radius 1 is 1.17 bits per heavy atom. The van der Waals surface area contributed by atoms with Crippen molar-refractivity contribution in [2.75, 3.05) is 0 Å². The van der Waals surface area contributed by atoms with E-state index in [0.29, 0.717) is 18.7 Å². The van der Waals surface area contributed by atoms with E-state index in [-0.39, 0.29) is 30.1 Å². The number of aromatic nitrogens is 3. The molecule has 0 N–H and O–H groups in total. The fraction of sp³-hybridized carbons (Fsp3) is 0.381. The molecule has 3 fully saturated rings. The van der Waals surface area contributed by atoms with Gasteiger partial charge in [-0.1, -0.05) is 12.1 Å². The van der Waals surface area contributed by atoms with Crippen LogP contribution in [0, 0.1) is 5.82 Å². The Morgan fingerprint density at radius 3 is 2.83 bits per heavy atom. The van der Waals surface area contributed by atoms with Gasteiger partial charge in [0.1, 0.15) is 30.0 Å². The van der Waals surface area contributed by atoms with E-state index in [9.17, 15) is 9.18 Å². The number of nitrogens with zero attached hydrogens (tertiary/aromatic N) is 4. The molecule has 0 unspecified atom stereocenters. The van der Waals surface area contributed by atoms with Gasteiger partial charge >= 0.3 is 0 Å². The van der Waals surface area contributed by atoms with Crippen molar-refractivity contribution in [1.82, 2.24) is 19.5 Å². The van der Waals surface area contributed by atoms with E-state index in [0.717, 1.165) is 23.9 Å². The van der Waals surface area contributed by atoms with Gasteiger partial charge in [0.05, 0.1) is 6.04 Å². The number of benzene rings is 1. The van der Waals surface area contributed by atoms with Crippen LogP contribution in [0.4, 0.5) is 4.39 Å². The molecule has 4 heterocycles. The van der Waals surface area contributed by atoms with Crippen LogP contribution in [0.15, 0.2) is 48.9 Å². The summed E-state index contributed by atoms with van der Waals surface area (Å²) in [7, 11) is 0. The number of hydrogen-bond donors (Lipinski definition) is 0. The number of fused-ring (bicyclic) bond motifs is 2. The molecule has 2 aromatic heterocycles. The third kappa shape index (κ3) is 2.48. The van der Waals surface area contributed by atoms with Crippen molar-refractivity contribution in [2.45, 2.75) is 49.7 Å². The number of carbonyl (C=O) groups is 1. The summed E-state index contributed by atoms with van der Waals surface area (Å²) < 4.78 is 27.2. The van der Waals surface area contributed by atoms with Crippen LogP contribution in [-0.4, -0.2) is 43.3 Å². The smallest absolute Gasteiger partial charge is 0.257 e. The first-order valence-corrected chi connectivity index (χ1v) is 9.84. The Kier molecular flexibility index (Phi) is 3.50. The normalized spacial score (nSPS) is 30.7. The van der Waals surface area contributed by atoms with Crippen LogP contribution in [0.5, 0.6) is 5.88 Å². The molecule has 7 nitrogen and oxygen atoms in total. The summed E-state index contributed by atoms with van der Waals surface area (Å²) >= 11 is 0. The Morgan fingerprint density at radius 2 is 2.00 bits per heavy atom. The van der Waals surface area contributed by atoms with Crippen LogP contribution in [0.25, 0.3) is 5.52 Å². The molecule has 2 saturated heterocycles. The van der Waals surface area contributed by atoms with Crippen LogP contribution in [-0.2, 0) is 9.53 Å². The molecular formula is C21H19FN4O3.